The topological polar surface area (TPSA) is 29.2 Å². The summed E-state index contributed by atoms with van der Waals surface area (Å²) in [4.78, 5) is 5.10. The normalized spacial score (nSPS) is 22.4. The van der Waals surface area contributed by atoms with Gasteiger partial charge in [-0.15, -0.1) is 0 Å². The molecule has 0 aromatic carbocycles. The number of nitrogens with zero attached hydrogens (tertiary/aromatic N) is 5. The van der Waals surface area contributed by atoms with Crippen molar-refractivity contribution in [3.05, 3.63) is 42.0 Å². The Balaban J connectivity index is 1.72. The number of piperidine rings is 1. The average molecular weight is 329 g/mol. The largest absolute Gasteiger partial charge is 0.353 e. The van der Waals surface area contributed by atoms with E-state index in [2.05, 4.69) is 71.2 Å². The standard InChI is InChI=1S/C19H31N5/c1-5-24-11-6-8-16(19(24)17-12-20-23(4)14-17)13-21(2)15-18-9-7-10-22(18)3/h7,9-10,12,14,16,19H,5-6,8,11,13,15H2,1-4H3/t16-,19+/m0/s1. The molecule has 0 spiro atoms. The van der Waals surface area contributed by atoms with E-state index in [0.29, 0.717) is 12.0 Å². The van der Waals surface area contributed by atoms with E-state index in [9.17, 15) is 0 Å². The summed E-state index contributed by atoms with van der Waals surface area (Å²) in [6.07, 6.45) is 8.98. The van der Waals surface area contributed by atoms with Crippen LogP contribution in [0, 0.1) is 5.92 Å². The summed E-state index contributed by atoms with van der Waals surface area (Å²) in [6.45, 7) is 6.72. The van der Waals surface area contributed by atoms with Gasteiger partial charge in [-0.05, 0) is 51.0 Å². The molecule has 3 heterocycles. The predicted molar refractivity (Wildman–Crippen MR) is 97.7 cm³/mol. The first kappa shape index (κ1) is 17.2. The molecule has 2 aromatic heterocycles. The van der Waals surface area contributed by atoms with Gasteiger partial charge in [0.2, 0.25) is 0 Å². The van der Waals surface area contributed by atoms with Crippen molar-refractivity contribution >= 4 is 0 Å². The molecule has 24 heavy (non-hydrogen) atoms. The SMILES string of the molecule is CCN1CCC[C@@H](CN(C)Cc2cccn2C)[C@@H]1c1cnn(C)c1. The van der Waals surface area contributed by atoms with Gasteiger partial charge in [-0.3, -0.25) is 9.58 Å². The van der Waals surface area contributed by atoms with Crippen molar-refractivity contribution in [1.82, 2.24) is 24.1 Å². The number of aromatic nitrogens is 3. The van der Waals surface area contributed by atoms with Crippen molar-refractivity contribution in [2.45, 2.75) is 32.4 Å². The maximum Gasteiger partial charge on any atom is 0.0537 e. The van der Waals surface area contributed by atoms with Gasteiger partial charge < -0.3 is 9.47 Å². The van der Waals surface area contributed by atoms with Crippen LogP contribution in [0.25, 0.3) is 0 Å². The minimum Gasteiger partial charge on any atom is -0.353 e. The first-order valence-electron chi connectivity index (χ1n) is 9.09. The van der Waals surface area contributed by atoms with E-state index in [1.807, 2.05) is 11.7 Å². The lowest BCUT2D eigenvalue weighted by Crippen LogP contribution is -2.42. The van der Waals surface area contributed by atoms with Gasteiger partial charge in [0.05, 0.1) is 6.20 Å². The molecule has 1 aliphatic heterocycles. The summed E-state index contributed by atoms with van der Waals surface area (Å²) < 4.78 is 4.15. The molecule has 0 aliphatic carbocycles. The third-order valence-electron chi connectivity index (χ3n) is 5.36. The van der Waals surface area contributed by atoms with Crippen LogP contribution >= 0.6 is 0 Å². The zero-order valence-corrected chi connectivity index (χ0v) is 15.5. The van der Waals surface area contributed by atoms with Gasteiger partial charge >= 0.3 is 0 Å². The molecule has 5 nitrogen and oxygen atoms in total. The number of rotatable bonds is 6. The van der Waals surface area contributed by atoms with Crippen LogP contribution in [0.15, 0.2) is 30.7 Å². The molecule has 0 radical (unpaired) electrons. The Morgan fingerprint density at radius 3 is 2.79 bits per heavy atom. The number of hydrogen-bond acceptors (Lipinski definition) is 3. The second-order valence-electron chi connectivity index (χ2n) is 7.23. The number of likely N-dealkylation sites (tertiary alicyclic amines) is 1. The van der Waals surface area contributed by atoms with Gasteiger partial charge in [-0.1, -0.05) is 6.92 Å². The van der Waals surface area contributed by atoms with Crippen LogP contribution in [0.5, 0.6) is 0 Å². The van der Waals surface area contributed by atoms with Crippen molar-refractivity contribution in [2.24, 2.45) is 20.0 Å². The van der Waals surface area contributed by atoms with E-state index in [-0.39, 0.29) is 0 Å². The van der Waals surface area contributed by atoms with Crippen LogP contribution in [0.3, 0.4) is 0 Å². The second-order valence-corrected chi connectivity index (χ2v) is 7.23. The first-order valence-corrected chi connectivity index (χ1v) is 9.09. The molecule has 0 saturated carbocycles. The van der Waals surface area contributed by atoms with Crippen LogP contribution in [0.2, 0.25) is 0 Å². The molecule has 1 saturated heterocycles. The Bertz CT molecular complexity index is 644. The van der Waals surface area contributed by atoms with E-state index in [1.54, 1.807) is 0 Å². The maximum absolute atomic E-state index is 4.42. The first-order chi connectivity index (χ1) is 11.6. The summed E-state index contributed by atoms with van der Waals surface area (Å²) in [7, 11) is 6.39. The van der Waals surface area contributed by atoms with Gasteiger partial charge in [-0.25, -0.2) is 0 Å². The summed E-state index contributed by atoms with van der Waals surface area (Å²) in [5.74, 6) is 0.660. The van der Waals surface area contributed by atoms with Crippen molar-refractivity contribution in [3.8, 4) is 0 Å². The van der Waals surface area contributed by atoms with Gasteiger partial charge in [-0.2, -0.15) is 5.10 Å². The molecular formula is C19H31N5. The molecular weight excluding hydrogens is 298 g/mol. The fourth-order valence-corrected chi connectivity index (χ4v) is 4.18. The summed E-state index contributed by atoms with van der Waals surface area (Å²) >= 11 is 0. The molecule has 3 rings (SSSR count). The monoisotopic (exact) mass is 329 g/mol. The van der Waals surface area contributed by atoms with Gasteiger partial charge in [0.1, 0.15) is 0 Å². The molecule has 2 aromatic rings. The summed E-state index contributed by atoms with van der Waals surface area (Å²) in [6, 6.07) is 4.84. The molecule has 0 N–H and O–H groups in total. The molecule has 0 bridgehead atoms. The quantitative estimate of drug-likeness (QED) is 0.816. The van der Waals surface area contributed by atoms with Gasteiger partial charge in [0.15, 0.2) is 0 Å². The highest BCUT2D eigenvalue weighted by atomic mass is 15.3. The maximum atomic E-state index is 4.42. The molecule has 1 fully saturated rings. The summed E-state index contributed by atoms with van der Waals surface area (Å²) in [5.41, 5.74) is 2.75. The van der Waals surface area contributed by atoms with Crippen LogP contribution in [-0.2, 0) is 20.6 Å². The van der Waals surface area contributed by atoms with Gasteiger partial charge in [0, 0.05) is 56.9 Å². The molecule has 0 amide bonds. The Labute approximate surface area is 145 Å². The fraction of sp³-hybridized carbons (Fsp3) is 0.632. The molecule has 2 atom stereocenters. The van der Waals surface area contributed by atoms with Crippen LogP contribution in [-0.4, -0.2) is 50.8 Å². The minimum absolute atomic E-state index is 0.494. The third kappa shape index (κ3) is 3.73. The van der Waals surface area contributed by atoms with Crippen LogP contribution in [0.1, 0.15) is 37.1 Å². The van der Waals surface area contributed by atoms with Crippen molar-refractivity contribution < 1.29 is 0 Å². The highest BCUT2D eigenvalue weighted by Crippen LogP contribution is 2.36. The van der Waals surface area contributed by atoms with Crippen molar-refractivity contribution in [2.75, 3.05) is 26.7 Å². The summed E-state index contributed by atoms with van der Waals surface area (Å²) in [5, 5.41) is 4.42. The lowest BCUT2D eigenvalue weighted by atomic mass is 9.85. The Kier molecular flexibility index (Phi) is 5.41. The van der Waals surface area contributed by atoms with E-state index in [4.69, 9.17) is 0 Å². The van der Waals surface area contributed by atoms with E-state index >= 15 is 0 Å². The lowest BCUT2D eigenvalue weighted by molar-refractivity contribution is 0.0745. The Morgan fingerprint density at radius 1 is 1.33 bits per heavy atom. The average Bonchev–Trinajstić information content (AvgIpc) is 3.16. The Hall–Kier alpha value is -1.59. The van der Waals surface area contributed by atoms with Crippen LogP contribution in [0.4, 0.5) is 0 Å². The number of aryl methyl sites for hydroxylation is 2. The van der Waals surface area contributed by atoms with Gasteiger partial charge in [0.25, 0.3) is 0 Å². The van der Waals surface area contributed by atoms with E-state index < -0.39 is 0 Å². The Morgan fingerprint density at radius 2 is 2.17 bits per heavy atom. The third-order valence-corrected chi connectivity index (χ3v) is 5.36. The van der Waals surface area contributed by atoms with Crippen LogP contribution < -0.4 is 0 Å². The van der Waals surface area contributed by atoms with Crippen molar-refractivity contribution in [3.63, 3.8) is 0 Å². The van der Waals surface area contributed by atoms with Crippen molar-refractivity contribution in [1.29, 1.82) is 0 Å². The lowest BCUT2D eigenvalue weighted by Gasteiger charge is -2.42. The fourth-order valence-electron chi connectivity index (χ4n) is 4.18. The predicted octanol–water partition coefficient (Wildman–Crippen LogP) is 2.66. The smallest absolute Gasteiger partial charge is 0.0537 e. The highest BCUT2D eigenvalue weighted by molar-refractivity contribution is 5.14. The molecule has 132 valence electrons. The van der Waals surface area contributed by atoms with E-state index in [1.165, 1.54) is 30.6 Å². The molecule has 0 unspecified atom stereocenters. The minimum atomic E-state index is 0.494. The molecule has 1 aliphatic rings. The van der Waals surface area contributed by atoms with E-state index in [0.717, 1.165) is 19.6 Å². The zero-order valence-electron chi connectivity index (χ0n) is 15.5. The zero-order chi connectivity index (χ0) is 17.1. The second kappa shape index (κ2) is 7.53. The highest BCUT2D eigenvalue weighted by Gasteiger charge is 2.33. The molecule has 5 heteroatoms. The number of hydrogen-bond donors (Lipinski definition) is 0.